The molecule has 0 aromatic carbocycles. The number of nitrogens with two attached hydrogens (primary N) is 1. The van der Waals surface area contributed by atoms with Crippen molar-refractivity contribution in [3.05, 3.63) is 21.9 Å². The molecule has 1 rings (SSSR count). The molecular weight excluding hydrogens is 211 g/mol. The second kappa shape index (κ2) is 4.31. The molecule has 0 aliphatic heterocycles. The molecule has 0 saturated heterocycles. The van der Waals surface area contributed by atoms with Gasteiger partial charge in [-0.3, -0.25) is 0 Å². The van der Waals surface area contributed by atoms with Crippen molar-refractivity contribution in [1.29, 1.82) is 0 Å². The van der Waals surface area contributed by atoms with Gasteiger partial charge < -0.3 is 5.73 Å². The fourth-order valence-electron chi connectivity index (χ4n) is 1.16. The van der Waals surface area contributed by atoms with Crippen molar-refractivity contribution in [2.24, 2.45) is 5.73 Å². The minimum absolute atomic E-state index is 0.112. The zero-order valence-electron chi connectivity index (χ0n) is 7.77. The van der Waals surface area contributed by atoms with E-state index in [-0.39, 0.29) is 5.92 Å². The van der Waals surface area contributed by atoms with Crippen LogP contribution in [0.2, 0.25) is 0 Å². The van der Waals surface area contributed by atoms with E-state index < -0.39 is 11.1 Å². The van der Waals surface area contributed by atoms with Crippen molar-refractivity contribution in [2.75, 3.05) is 6.54 Å². The standard InChI is InChI=1S/C9H12F3NS/c1-6(4-5-13)7-2-3-8(14-7)9(10,11)12/h2-3,6H,4-5,13H2,1H3. The maximum Gasteiger partial charge on any atom is 0.425 e. The van der Waals surface area contributed by atoms with E-state index in [4.69, 9.17) is 5.73 Å². The van der Waals surface area contributed by atoms with Crippen LogP contribution in [0.4, 0.5) is 13.2 Å². The molecule has 5 heteroatoms. The molecular formula is C9H12F3NS. The first kappa shape index (κ1) is 11.5. The minimum atomic E-state index is -4.22. The summed E-state index contributed by atoms with van der Waals surface area (Å²) < 4.78 is 36.7. The second-order valence-corrected chi connectivity index (χ2v) is 4.29. The van der Waals surface area contributed by atoms with Gasteiger partial charge >= 0.3 is 6.18 Å². The van der Waals surface area contributed by atoms with E-state index in [1.165, 1.54) is 6.07 Å². The fourth-order valence-corrected chi connectivity index (χ4v) is 2.12. The second-order valence-electron chi connectivity index (χ2n) is 3.18. The monoisotopic (exact) mass is 223 g/mol. The van der Waals surface area contributed by atoms with Gasteiger partial charge in [0.1, 0.15) is 4.88 Å². The van der Waals surface area contributed by atoms with Crippen LogP contribution >= 0.6 is 11.3 Å². The Morgan fingerprint density at radius 1 is 1.43 bits per heavy atom. The summed E-state index contributed by atoms with van der Waals surface area (Å²) >= 11 is 0.807. The zero-order valence-corrected chi connectivity index (χ0v) is 8.58. The van der Waals surface area contributed by atoms with Gasteiger partial charge in [-0.15, -0.1) is 11.3 Å². The van der Waals surface area contributed by atoms with Crippen LogP contribution in [0.1, 0.15) is 29.0 Å². The molecule has 1 unspecified atom stereocenters. The van der Waals surface area contributed by atoms with Gasteiger partial charge in [0.25, 0.3) is 0 Å². The quantitative estimate of drug-likeness (QED) is 0.836. The van der Waals surface area contributed by atoms with Gasteiger partial charge in [-0.2, -0.15) is 13.2 Å². The van der Waals surface area contributed by atoms with Crippen LogP contribution in [0.15, 0.2) is 12.1 Å². The molecule has 1 aromatic heterocycles. The maximum atomic E-state index is 12.2. The Morgan fingerprint density at radius 3 is 2.50 bits per heavy atom. The number of rotatable bonds is 3. The van der Waals surface area contributed by atoms with Crippen LogP contribution in [0, 0.1) is 0 Å². The van der Waals surface area contributed by atoms with Gasteiger partial charge in [0.2, 0.25) is 0 Å². The van der Waals surface area contributed by atoms with Gasteiger partial charge in [0.15, 0.2) is 0 Å². The molecule has 1 atom stereocenters. The normalized spacial score (nSPS) is 14.4. The van der Waals surface area contributed by atoms with E-state index in [0.29, 0.717) is 6.54 Å². The maximum absolute atomic E-state index is 12.2. The van der Waals surface area contributed by atoms with Crippen molar-refractivity contribution in [2.45, 2.75) is 25.4 Å². The lowest BCUT2D eigenvalue weighted by Gasteiger charge is -2.06. The van der Waals surface area contributed by atoms with Crippen LogP contribution in [0.25, 0.3) is 0 Å². The summed E-state index contributed by atoms with van der Waals surface area (Å²) in [5.41, 5.74) is 5.34. The van der Waals surface area contributed by atoms with Crippen LogP contribution in [0.3, 0.4) is 0 Å². The van der Waals surface area contributed by atoms with E-state index in [0.717, 1.165) is 28.7 Å². The van der Waals surface area contributed by atoms with E-state index in [2.05, 4.69) is 0 Å². The largest absolute Gasteiger partial charge is 0.425 e. The molecule has 0 aliphatic rings. The molecule has 0 saturated carbocycles. The third-order valence-corrected chi connectivity index (χ3v) is 3.35. The van der Waals surface area contributed by atoms with Gasteiger partial charge in [0.05, 0.1) is 0 Å². The molecule has 0 aliphatic carbocycles. The summed E-state index contributed by atoms with van der Waals surface area (Å²) in [4.78, 5) is 0.221. The van der Waals surface area contributed by atoms with Crippen LogP contribution < -0.4 is 5.73 Å². The van der Waals surface area contributed by atoms with Gasteiger partial charge in [0, 0.05) is 4.88 Å². The highest BCUT2D eigenvalue weighted by molar-refractivity contribution is 7.12. The van der Waals surface area contributed by atoms with Crippen molar-refractivity contribution in [3.8, 4) is 0 Å². The molecule has 80 valence electrons. The van der Waals surface area contributed by atoms with Crippen molar-refractivity contribution in [1.82, 2.24) is 0 Å². The molecule has 0 amide bonds. The topological polar surface area (TPSA) is 26.0 Å². The first-order valence-corrected chi connectivity index (χ1v) is 5.13. The first-order chi connectivity index (χ1) is 6.45. The third-order valence-electron chi connectivity index (χ3n) is 1.99. The number of hydrogen-bond acceptors (Lipinski definition) is 2. The Hall–Kier alpha value is -0.550. The van der Waals surface area contributed by atoms with Gasteiger partial charge in [-0.25, -0.2) is 0 Å². The molecule has 1 heterocycles. The minimum Gasteiger partial charge on any atom is -0.330 e. The van der Waals surface area contributed by atoms with E-state index in [1.807, 2.05) is 6.92 Å². The van der Waals surface area contributed by atoms with Crippen LogP contribution in [-0.4, -0.2) is 6.54 Å². The summed E-state index contributed by atoms with van der Waals surface area (Å²) in [6.45, 7) is 2.39. The Kier molecular flexibility index (Phi) is 3.55. The van der Waals surface area contributed by atoms with Gasteiger partial charge in [-0.1, -0.05) is 6.92 Å². The third kappa shape index (κ3) is 2.72. The Morgan fingerprint density at radius 2 is 2.07 bits per heavy atom. The summed E-state index contributed by atoms with van der Waals surface area (Å²) in [5, 5.41) is 0. The summed E-state index contributed by atoms with van der Waals surface area (Å²) in [6, 6.07) is 2.67. The molecule has 14 heavy (non-hydrogen) atoms. The molecule has 0 radical (unpaired) electrons. The molecule has 1 nitrogen and oxygen atoms in total. The SMILES string of the molecule is CC(CCN)c1ccc(C(F)(F)F)s1. The smallest absolute Gasteiger partial charge is 0.330 e. The summed E-state index contributed by atoms with van der Waals surface area (Å²) in [7, 11) is 0. The predicted molar refractivity (Wildman–Crippen MR) is 51.4 cm³/mol. The average Bonchev–Trinajstić information content (AvgIpc) is 2.51. The average molecular weight is 223 g/mol. The van der Waals surface area contributed by atoms with E-state index >= 15 is 0 Å². The molecule has 1 aromatic rings. The van der Waals surface area contributed by atoms with Crippen molar-refractivity contribution >= 4 is 11.3 Å². The Bertz CT molecular complexity index is 292. The number of hydrogen-bond donors (Lipinski definition) is 1. The van der Waals surface area contributed by atoms with Crippen molar-refractivity contribution in [3.63, 3.8) is 0 Å². The van der Waals surface area contributed by atoms with Crippen molar-refractivity contribution < 1.29 is 13.2 Å². The summed E-state index contributed by atoms with van der Waals surface area (Å²) in [5.74, 6) is 0.112. The van der Waals surface area contributed by atoms with Crippen LogP contribution in [0.5, 0.6) is 0 Å². The number of alkyl halides is 3. The van der Waals surface area contributed by atoms with E-state index in [9.17, 15) is 13.2 Å². The first-order valence-electron chi connectivity index (χ1n) is 4.32. The van der Waals surface area contributed by atoms with Gasteiger partial charge in [-0.05, 0) is 31.0 Å². The Labute approximate surface area is 84.7 Å². The fraction of sp³-hybridized carbons (Fsp3) is 0.556. The lowest BCUT2D eigenvalue weighted by atomic mass is 10.1. The number of thiophene rings is 1. The zero-order chi connectivity index (χ0) is 10.8. The highest BCUT2D eigenvalue weighted by Gasteiger charge is 2.32. The lowest BCUT2D eigenvalue weighted by molar-refractivity contribution is -0.134. The highest BCUT2D eigenvalue weighted by Crippen LogP contribution is 2.37. The molecule has 0 spiro atoms. The highest BCUT2D eigenvalue weighted by atomic mass is 32.1. The summed E-state index contributed by atoms with van der Waals surface area (Å²) in [6.07, 6.45) is -3.50. The molecule has 0 bridgehead atoms. The molecule has 0 fully saturated rings. The van der Waals surface area contributed by atoms with E-state index in [1.54, 1.807) is 0 Å². The van der Waals surface area contributed by atoms with Crippen LogP contribution in [-0.2, 0) is 6.18 Å². The lowest BCUT2D eigenvalue weighted by Crippen LogP contribution is -2.03. The predicted octanol–water partition coefficient (Wildman–Crippen LogP) is 3.22. The molecule has 2 N–H and O–H groups in total. The Balaban J connectivity index is 2.78. The number of halogens is 3.